The molecule has 1 amide bonds. The van der Waals surface area contributed by atoms with Crippen molar-refractivity contribution in [3.05, 3.63) is 45.9 Å². The van der Waals surface area contributed by atoms with Crippen molar-refractivity contribution in [1.82, 2.24) is 14.9 Å². The second-order valence-electron chi connectivity index (χ2n) is 5.50. The number of aromatic nitrogens is 2. The fraction of sp³-hybridized carbons (Fsp3) is 0.438. The minimum Gasteiger partial charge on any atom is -0.467 e. The number of carbonyl (C=O) groups is 1. The molecule has 2 aromatic heterocycles. The number of hydrogen-bond acceptors (Lipinski definition) is 6. The number of hydrogen-bond donors (Lipinski definition) is 2. The van der Waals surface area contributed by atoms with Gasteiger partial charge in [0.15, 0.2) is 0 Å². The Balaban J connectivity index is 1.65. The molecule has 0 saturated carbocycles. The van der Waals surface area contributed by atoms with E-state index in [-0.39, 0.29) is 30.5 Å². The van der Waals surface area contributed by atoms with Gasteiger partial charge in [-0.2, -0.15) is 4.98 Å². The van der Waals surface area contributed by atoms with E-state index in [9.17, 15) is 9.59 Å². The molecular weight excluding hydrogens is 330 g/mol. The summed E-state index contributed by atoms with van der Waals surface area (Å²) in [6, 6.07) is 3.56. The van der Waals surface area contributed by atoms with Gasteiger partial charge in [0.25, 0.3) is 0 Å². The van der Waals surface area contributed by atoms with Gasteiger partial charge in [-0.05, 0) is 31.4 Å². The number of rotatable bonds is 7. The molecule has 128 valence electrons. The SMILES string of the molecule is O=C(CSc1nc(=O)n(CCO)c2c1CCC2)NCc1ccco1. The highest BCUT2D eigenvalue weighted by Crippen LogP contribution is 2.28. The molecule has 2 N–H and O–H groups in total. The van der Waals surface area contributed by atoms with Gasteiger partial charge >= 0.3 is 5.69 Å². The quantitative estimate of drug-likeness (QED) is 0.565. The Bertz CT molecular complexity index is 770. The van der Waals surface area contributed by atoms with Gasteiger partial charge in [-0.1, -0.05) is 11.8 Å². The van der Waals surface area contributed by atoms with Crippen molar-refractivity contribution in [2.24, 2.45) is 0 Å². The summed E-state index contributed by atoms with van der Waals surface area (Å²) in [5.41, 5.74) is 1.62. The number of nitrogens with one attached hydrogen (secondary N) is 1. The lowest BCUT2D eigenvalue weighted by Crippen LogP contribution is -2.29. The minimum absolute atomic E-state index is 0.0876. The Morgan fingerprint density at radius 1 is 1.46 bits per heavy atom. The molecule has 7 nitrogen and oxygen atoms in total. The number of aliphatic hydroxyl groups is 1. The van der Waals surface area contributed by atoms with E-state index in [1.807, 2.05) is 0 Å². The summed E-state index contributed by atoms with van der Waals surface area (Å²) in [4.78, 5) is 28.2. The van der Waals surface area contributed by atoms with Crippen LogP contribution in [0, 0.1) is 0 Å². The zero-order valence-electron chi connectivity index (χ0n) is 13.2. The summed E-state index contributed by atoms with van der Waals surface area (Å²) in [5, 5.41) is 12.5. The van der Waals surface area contributed by atoms with E-state index in [1.165, 1.54) is 11.8 Å². The third-order valence-corrected chi connectivity index (χ3v) is 4.92. The van der Waals surface area contributed by atoms with E-state index in [0.29, 0.717) is 17.3 Å². The van der Waals surface area contributed by atoms with Crippen molar-refractivity contribution in [2.45, 2.75) is 37.4 Å². The average molecular weight is 349 g/mol. The predicted octanol–water partition coefficient (Wildman–Crippen LogP) is 0.726. The van der Waals surface area contributed by atoms with Crippen LogP contribution in [-0.2, 0) is 30.7 Å². The van der Waals surface area contributed by atoms with Crippen LogP contribution in [0.4, 0.5) is 0 Å². The van der Waals surface area contributed by atoms with Gasteiger partial charge in [0, 0.05) is 11.3 Å². The third kappa shape index (κ3) is 3.70. The zero-order chi connectivity index (χ0) is 16.9. The average Bonchev–Trinajstić information content (AvgIpc) is 3.25. The second kappa shape index (κ2) is 7.67. The molecule has 0 aromatic carbocycles. The lowest BCUT2D eigenvalue weighted by Gasteiger charge is -2.13. The largest absolute Gasteiger partial charge is 0.467 e. The van der Waals surface area contributed by atoms with Crippen LogP contribution in [0.3, 0.4) is 0 Å². The third-order valence-electron chi connectivity index (χ3n) is 3.90. The van der Waals surface area contributed by atoms with Crippen LogP contribution >= 0.6 is 11.8 Å². The number of thioether (sulfide) groups is 1. The van der Waals surface area contributed by atoms with Crippen LogP contribution in [0.5, 0.6) is 0 Å². The van der Waals surface area contributed by atoms with Gasteiger partial charge in [0.1, 0.15) is 10.8 Å². The Hall–Kier alpha value is -2.06. The van der Waals surface area contributed by atoms with Crippen molar-refractivity contribution < 1.29 is 14.3 Å². The fourth-order valence-electron chi connectivity index (χ4n) is 2.82. The second-order valence-corrected chi connectivity index (χ2v) is 6.46. The van der Waals surface area contributed by atoms with Gasteiger partial charge in [0.05, 0.1) is 31.7 Å². The standard InChI is InChI=1S/C16H19N3O4S/c20-7-6-19-13-5-1-4-12(13)15(18-16(19)22)24-10-14(21)17-9-11-3-2-8-23-11/h2-3,8,20H,1,4-7,9-10H2,(H,17,21). The molecule has 0 aliphatic heterocycles. The van der Waals surface area contributed by atoms with Gasteiger partial charge < -0.3 is 14.8 Å². The number of amides is 1. The molecule has 0 bridgehead atoms. The maximum atomic E-state index is 12.1. The zero-order valence-corrected chi connectivity index (χ0v) is 14.0. The van der Waals surface area contributed by atoms with Crippen LogP contribution in [0.2, 0.25) is 0 Å². The molecule has 0 unspecified atom stereocenters. The fourth-order valence-corrected chi connectivity index (χ4v) is 3.73. The maximum absolute atomic E-state index is 12.1. The number of aliphatic hydroxyl groups excluding tert-OH is 1. The highest BCUT2D eigenvalue weighted by molar-refractivity contribution is 7.99. The molecule has 1 aliphatic carbocycles. The van der Waals surface area contributed by atoms with Crippen LogP contribution in [0.1, 0.15) is 23.4 Å². The van der Waals surface area contributed by atoms with E-state index in [4.69, 9.17) is 9.52 Å². The predicted molar refractivity (Wildman–Crippen MR) is 88.9 cm³/mol. The number of nitrogens with zero attached hydrogens (tertiary/aromatic N) is 2. The first-order valence-corrected chi connectivity index (χ1v) is 8.83. The van der Waals surface area contributed by atoms with Crippen molar-refractivity contribution in [2.75, 3.05) is 12.4 Å². The van der Waals surface area contributed by atoms with Gasteiger partial charge in [0.2, 0.25) is 5.91 Å². The van der Waals surface area contributed by atoms with Crippen LogP contribution in [0.15, 0.2) is 32.6 Å². The summed E-state index contributed by atoms with van der Waals surface area (Å²) >= 11 is 1.28. The molecular formula is C16H19N3O4S. The molecule has 2 heterocycles. The molecule has 0 atom stereocenters. The highest BCUT2D eigenvalue weighted by atomic mass is 32.2. The minimum atomic E-state index is -0.358. The highest BCUT2D eigenvalue weighted by Gasteiger charge is 2.22. The lowest BCUT2D eigenvalue weighted by molar-refractivity contribution is -0.118. The maximum Gasteiger partial charge on any atom is 0.348 e. The summed E-state index contributed by atoms with van der Waals surface area (Å²) in [6.07, 6.45) is 4.19. The van der Waals surface area contributed by atoms with E-state index < -0.39 is 0 Å². The molecule has 0 spiro atoms. The molecule has 8 heteroatoms. The first-order valence-electron chi connectivity index (χ1n) is 7.84. The van der Waals surface area contributed by atoms with Crippen LogP contribution in [-0.4, -0.2) is 32.9 Å². The molecule has 3 rings (SSSR count). The first-order chi connectivity index (χ1) is 11.7. The summed E-state index contributed by atoms with van der Waals surface area (Å²) in [5.74, 6) is 0.757. The number of carbonyl (C=O) groups excluding carboxylic acids is 1. The van der Waals surface area contributed by atoms with E-state index in [0.717, 1.165) is 30.5 Å². The normalized spacial score (nSPS) is 13.0. The first kappa shape index (κ1) is 16.8. The monoisotopic (exact) mass is 349 g/mol. The smallest absolute Gasteiger partial charge is 0.348 e. The van der Waals surface area contributed by atoms with Crippen molar-refractivity contribution >= 4 is 17.7 Å². The summed E-state index contributed by atoms with van der Waals surface area (Å²) in [7, 11) is 0. The van der Waals surface area contributed by atoms with E-state index in [2.05, 4.69) is 10.3 Å². The van der Waals surface area contributed by atoms with Crippen LogP contribution in [0.25, 0.3) is 0 Å². The molecule has 1 aliphatic rings. The Morgan fingerprint density at radius 3 is 3.08 bits per heavy atom. The molecule has 0 saturated heterocycles. The Kier molecular flexibility index (Phi) is 5.37. The molecule has 0 fully saturated rings. The van der Waals surface area contributed by atoms with Crippen molar-refractivity contribution in [1.29, 1.82) is 0 Å². The molecule has 24 heavy (non-hydrogen) atoms. The lowest BCUT2D eigenvalue weighted by atomic mass is 10.2. The number of furan rings is 1. The number of fused-ring (bicyclic) bond motifs is 1. The summed E-state index contributed by atoms with van der Waals surface area (Å²) in [6.45, 7) is 0.522. The van der Waals surface area contributed by atoms with Crippen molar-refractivity contribution in [3.63, 3.8) is 0 Å². The Labute approximate surface area is 143 Å². The van der Waals surface area contributed by atoms with Gasteiger partial charge in [-0.15, -0.1) is 0 Å². The molecule has 2 aromatic rings. The van der Waals surface area contributed by atoms with Crippen molar-refractivity contribution in [3.8, 4) is 0 Å². The van der Waals surface area contributed by atoms with E-state index in [1.54, 1.807) is 23.0 Å². The summed E-state index contributed by atoms with van der Waals surface area (Å²) < 4.78 is 6.71. The van der Waals surface area contributed by atoms with Gasteiger partial charge in [-0.3, -0.25) is 9.36 Å². The van der Waals surface area contributed by atoms with Crippen LogP contribution < -0.4 is 11.0 Å². The van der Waals surface area contributed by atoms with Gasteiger partial charge in [-0.25, -0.2) is 4.79 Å². The molecule has 0 radical (unpaired) electrons. The Morgan fingerprint density at radius 2 is 2.33 bits per heavy atom. The van der Waals surface area contributed by atoms with E-state index >= 15 is 0 Å². The topological polar surface area (TPSA) is 97.4 Å².